The molecule has 1 unspecified atom stereocenters. The number of hydrogen-bond donors (Lipinski definition) is 2. The number of H-pyrrole nitrogens is 1. The van der Waals surface area contributed by atoms with Crippen molar-refractivity contribution in [3.05, 3.63) is 26.5 Å². The van der Waals surface area contributed by atoms with E-state index in [1.165, 1.54) is 0 Å². The van der Waals surface area contributed by atoms with Gasteiger partial charge >= 0.3 is 0 Å². The van der Waals surface area contributed by atoms with Gasteiger partial charge in [-0.1, -0.05) is 13.8 Å². The van der Waals surface area contributed by atoms with Gasteiger partial charge in [-0.15, -0.1) is 0 Å². The van der Waals surface area contributed by atoms with E-state index < -0.39 is 6.04 Å². The zero-order chi connectivity index (χ0) is 13.4. The third-order valence-corrected chi connectivity index (χ3v) is 3.85. The van der Waals surface area contributed by atoms with Gasteiger partial charge in [0.15, 0.2) is 4.77 Å². The molecule has 0 bridgehead atoms. The Kier molecular flexibility index (Phi) is 3.76. The number of fused-ring (bicyclic) bond motifs is 1. The molecule has 0 saturated carbocycles. The van der Waals surface area contributed by atoms with Gasteiger partial charge in [-0.05, 0) is 58.9 Å². The Morgan fingerprint density at radius 2 is 2.17 bits per heavy atom. The van der Waals surface area contributed by atoms with Crippen molar-refractivity contribution in [2.24, 2.45) is 11.7 Å². The van der Waals surface area contributed by atoms with Crippen LogP contribution in [0.3, 0.4) is 0 Å². The quantitative estimate of drug-likeness (QED) is 0.640. The monoisotopic (exact) mass is 375 g/mol. The Balaban J connectivity index is 2.73. The highest BCUT2D eigenvalue weighted by Crippen LogP contribution is 2.25. The molecule has 96 valence electrons. The van der Waals surface area contributed by atoms with E-state index in [2.05, 4.69) is 27.6 Å². The third-order valence-electron chi connectivity index (χ3n) is 2.88. The number of aromatic amines is 1. The molecule has 1 heterocycles. The number of carbonyl (C=O) groups excluding carboxylic acids is 1. The molecule has 4 nitrogen and oxygen atoms in total. The molecule has 3 N–H and O–H groups in total. The zero-order valence-corrected chi connectivity index (χ0v) is 13.1. The van der Waals surface area contributed by atoms with E-state index in [1.54, 1.807) is 0 Å². The molecule has 2 aromatic rings. The molecule has 1 atom stereocenters. The fraction of sp³-hybridized carbons (Fsp3) is 0.333. The molecule has 18 heavy (non-hydrogen) atoms. The lowest BCUT2D eigenvalue weighted by molar-refractivity contribution is -0.122. The van der Waals surface area contributed by atoms with E-state index in [1.807, 2.05) is 36.6 Å². The number of rotatable bonds is 3. The highest BCUT2D eigenvalue weighted by molar-refractivity contribution is 14.1. The van der Waals surface area contributed by atoms with E-state index >= 15 is 0 Å². The average molecular weight is 375 g/mol. The molecule has 0 spiro atoms. The first-order valence-corrected chi connectivity index (χ1v) is 7.09. The first kappa shape index (κ1) is 13.5. The number of halogens is 1. The normalized spacial score (nSPS) is 13.1. The second kappa shape index (κ2) is 5.00. The third kappa shape index (κ3) is 2.31. The summed E-state index contributed by atoms with van der Waals surface area (Å²) in [5, 5.41) is 0. The topological polar surface area (TPSA) is 63.8 Å². The van der Waals surface area contributed by atoms with Gasteiger partial charge in [0.2, 0.25) is 5.91 Å². The summed E-state index contributed by atoms with van der Waals surface area (Å²) in [6.45, 7) is 3.92. The van der Waals surface area contributed by atoms with Gasteiger partial charge in [0, 0.05) is 3.57 Å². The Bertz CT molecular complexity index is 659. The van der Waals surface area contributed by atoms with Gasteiger partial charge in [-0.2, -0.15) is 0 Å². The summed E-state index contributed by atoms with van der Waals surface area (Å²) in [5.41, 5.74) is 7.34. The molecule has 1 aromatic carbocycles. The van der Waals surface area contributed by atoms with Crippen LogP contribution in [0.1, 0.15) is 19.9 Å². The Hall–Kier alpha value is -0.890. The van der Waals surface area contributed by atoms with Crippen LogP contribution in [0.5, 0.6) is 0 Å². The van der Waals surface area contributed by atoms with E-state index in [-0.39, 0.29) is 11.8 Å². The second-order valence-electron chi connectivity index (χ2n) is 4.55. The van der Waals surface area contributed by atoms with Crippen molar-refractivity contribution in [1.29, 1.82) is 0 Å². The number of hydrogen-bond acceptors (Lipinski definition) is 2. The predicted octanol–water partition coefficient (Wildman–Crippen LogP) is 2.99. The molecule has 1 amide bonds. The van der Waals surface area contributed by atoms with Crippen molar-refractivity contribution in [2.45, 2.75) is 19.9 Å². The molecule has 2 rings (SSSR count). The van der Waals surface area contributed by atoms with Crippen LogP contribution in [-0.4, -0.2) is 15.5 Å². The molecule has 0 aliphatic carbocycles. The van der Waals surface area contributed by atoms with Crippen LogP contribution in [0.15, 0.2) is 18.2 Å². The number of primary amides is 1. The lowest BCUT2D eigenvalue weighted by atomic mass is 10.0. The largest absolute Gasteiger partial charge is 0.368 e. The second-order valence-corrected chi connectivity index (χ2v) is 6.19. The number of amides is 1. The van der Waals surface area contributed by atoms with Crippen LogP contribution in [-0.2, 0) is 4.79 Å². The maximum atomic E-state index is 11.6. The number of nitrogens with zero attached hydrogens (tertiary/aromatic N) is 1. The minimum atomic E-state index is -0.425. The van der Waals surface area contributed by atoms with Crippen LogP contribution in [0.25, 0.3) is 11.0 Å². The smallest absolute Gasteiger partial charge is 0.240 e. The van der Waals surface area contributed by atoms with Gasteiger partial charge in [-0.3, -0.25) is 4.79 Å². The zero-order valence-electron chi connectivity index (χ0n) is 10.1. The van der Waals surface area contributed by atoms with Crippen LogP contribution in [0.4, 0.5) is 0 Å². The van der Waals surface area contributed by atoms with E-state index in [0.29, 0.717) is 4.77 Å². The van der Waals surface area contributed by atoms with Gasteiger partial charge in [0.25, 0.3) is 0 Å². The first-order chi connectivity index (χ1) is 8.41. The van der Waals surface area contributed by atoms with Gasteiger partial charge in [-0.25, -0.2) is 0 Å². The Labute approximate surface area is 124 Å². The van der Waals surface area contributed by atoms with Crippen LogP contribution in [0, 0.1) is 14.3 Å². The van der Waals surface area contributed by atoms with Crippen molar-refractivity contribution in [3.63, 3.8) is 0 Å². The molecule has 0 saturated heterocycles. The highest BCUT2D eigenvalue weighted by Gasteiger charge is 2.24. The van der Waals surface area contributed by atoms with Crippen LogP contribution < -0.4 is 5.73 Å². The Morgan fingerprint density at radius 3 is 2.72 bits per heavy atom. The maximum absolute atomic E-state index is 11.6. The predicted molar refractivity (Wildman–Crippen MR) is 82.9 cm³/mol. The Morgan fingerprint density at radius 1 is 1.50 bits per heavy atom. The summed E-state index contributed by atoms with van der Waals surface area (Å²) >= 11 is 7.55. The molecular formula is C12H14IN3OS. The van der Waals surface area contributed by atoms with Crippen molar-refractivity contribution >= 4 is 51.7 Å². The lowest BCUT2D eigenvalue weighted by Gasteiger charge is -2.19. The summed E-state index contributed by atoms with van der Waals surface area (Å²) in [4.78, 5) is 14.8. The van der Waals surface area contributed by atoms with Crippen molar-refractivity contribution in [1.82, 2.24) is 9.55 Å². The number of aromatic nitrogens is 2. The van der Waals surface area contributed by atoms with Gasteiger partial charge in [0.1, 0.15) is 6.04 Å². The number of carbonyl (C=O) groups is 1. The minimum Gasteiger partial charge on any atom is -0.368 e. The number of imidazole rings is 1. The van der Waals surface area contributed by atoms with Crippen LogP contribution in [0.2, 0.25) is 0 Å². The van der Waals surface area contributed by atoms with E-state index in [0.717, 1.165) is 14.6 Å². The fourth-order valence-electron chi connectivity index (χ4n) is 2.13. The summed E-state index contributed by atoms with van der Waals surface area (Å²) < 4.78 is 3.46. The lowest BCUT2D eigenvalue weighted by Crippen LogP contribution is -2.30. The van der Waals surface area contributed by atoms with E-state index in [9.17, 15) is 4.79 Å². The molecular weight excluding hydrogens is 361 g/mol. The van der Waals surface area contributed by atoms with Crippen molar-refractivity contribution in [3.8, 4) is 0 Å². The number of benzene rings is 1. The molecule has 0 aliphatic rings. The summed E-state index contributed by atoms with van der Waals surface area (Å²) in [7, 11) is 0. The van der Waals surface area contributed by atoms with E-state index in [4.69, 9.17) is 18.0 Å². The summed E-state index contributed by atoms with van der Waals surface area (Å²) in [6.07, 6.45) is 0. The van der Waals surface area contributed by atoms with Gasteiger partial charge in [0.05, 0.1) is 11.0 Å². The molecule has 1 aromatic heterocycles. The fourth-order valence-corrected chi connectivity index (χ4v) is 2.95. The van der Waals surface area contributed by atoms with Crippen molar-refractivity contribution in [2.75, 3.05) is 0 Å². The molecule has 0 fully saturated rings. The van der Waals surface area contributed by atoms with Crippen molar-refractivity contribution < 1.29 is 4.79 Å². The SMILES string of the molecule is CC(C)C(C(N)=O)n1c(=S)[nH]c2cc(I)ccc21. The summed E-state index contributed by atoms with van der Waals surface area (Å²) in [5.74, 6) is -0.270. The first-order valence-electron chi connectivity index (χ1n) is 5.61. The molecule has 6 heteroatoms. The highest BCUT2D eigenvalue weighted by atomic mass is 127. The maximum Gasteiger partial charge on any atom is 0.240 e. The van der Waals surface area contributed by atoms with Gasteiger partial charge < -0.3 is 15.3 Å². The molecule has 0 radical (unpaired) electrons. The standard InChI is InChI=1S/C12H14IN3OS/c1-6(2)10(11(14)17)16-9-4-3-7(13)5-8(9)15-12(16)18/h3-6,10H,1-2H3,(H2,14,17)(H,15,18). The molecule has 0 aliphatic heterocycles. The minimum absolute atomic E-state index is 0.0903. The summed E-state index contributed by atoms with van der Waals surface area (Å²) in [6, 6.07) is 5.52. The average Bonchev–Trinajstić information content (AvgIpc) is 2.54. The number of nitrogens with one attached hydrogen (secondary N) is 1. The van der Waals surface area contributed by atoms with Crippen LogP contribution >= 0.6 is 34.8 Å². The number of nitrogens with two attached hydrogens (primary N) is 1.